The van der Waals surface area contributed by atoms with Crippen molar-refractivity contribution < 1.29 is 18.3 Å². The lowest BCUT2D eigenvalue weighted by Gasteiger charge is -2.25. The van der Waals surface area contributed by atoms with Gasteiger partial charge in [-0.3, -0.25) is 9.10 Å². The third-order valence-electron chi connectivity index (χ3n) is 5.85. The van der Waals surface area contributed by atoms with Gasteiger partial charge in [-0.1, -0.05) is 23.2 Å². The van der Waals surface area contributed by atoms with Crippen molar-refractivity contribution in [1.29, 1.82) is 0 Å². The topological polar surface area (TPSA) is 107 Å². The third kappa shape index (κ3) is 6.27. The Morgan fingerprint density at radius 2 is 1.84 bits per heavy atom. The molecule has 3 aromatic rings. The molecule has 0 saturated heterocycles. The van der Waals surface area contributed by atoms with Gasteiger partial charge in [-0.05, 0) is 75.1 Å². The number of hydrogen-bond donors (Lipinski definition) is 3. The van der Waals surface area contributed by atoms with Crippen molar-refractivity contribution in [2.24, 2.45) is 0 Å². The molecule has 0 radical (unpaired) electrons. The standard InChI is InChI=1S/C25H28Cl2N5O4PS/c1-16-10-22-17(6-8-31(22)23-4-5-24(37-29-23)28-7-9-30(2)3)11-21(16)32(15-25(33)34)38(35,36)20-13-18(26)12-19(27)14-20/h4-6,8,10-14,28-29,37H,7,9,15H2,1-3H3,(H,33,34). The normalized spacial score (nSPS) is 14.4. The number of anilines is 1. The van der Waals surface area contributed by atoms with Gasteiger partial charge in [0.2, 0.25) is 0 Å². The summed E-state index contributed by atoms with van der Waals surface area (Å²) >= 11 is 12.1. The molecule has 3 N–H and O–H groups in total. The quantitative estimate of drug-likeness (QED) is 0.296. The highest BCUT2D eigenvalue weighted by molar-refractivity contribution is 7.92. The maximum Gasteiger partial charge on any atom is 0.324 e. The predicted octanol–water partition coefficient (Wildman–Crippen LogP) is 4.52. The number of aliphatic carboxylic acids is 1. The number of carboxylic acid groups (broad SMARTS) is 1. The third-order valence-corrected chi connectivity index (χ3v) is 9.01. The van der Waals surface area contributed by atoms with Crippen LogP contribution in [0.5, 0.6) is 0 Å². The molecular formula is C25H28Cl2N5O4PS. The van der Waals surface area contributed by atoms with E-state index in [9.17, 15) is 18.3 Å². The molecular weight excluding hydrogens is 568 g/mol. The summed E-state index contributed by atoms with van der Waals surface area (Å²) in [7, 11) is 0.146. The van der Waals surface area contributed by atoms with Crippen molar-refractivity contribution >= 4 is 70.3 Å². The molecule has 0 amide bonds. The number of aromatic nitrogens is 1. The molecule has 0 saturated carbocycles. The smallest absolute Gasteiger partial charge is 0.324 e. The number of hydrogen-bond acceptors (Lipinski definition) is 6. The van der Waals surface area contributed by atoms with Crippen molar-refractivity contribution in [3.8, 4) is 0 Å². The number of carbonyl (C=O) groups is 1. The number of sulfonamides is 1. The molecule has 0 bridgehead atoms. The molecule has 0 spiro atoms. The van der Waals surface area contributed by atoms with Crippen LogP contribution in [-0.4, -0.2) is 62.7 Å². The molecule has 1 unspecified atom stereocenters. The van der Waals surface area contributed by atoms with Crippen LogP contribution in [0.15, 0.2) is 65.1 Å². The number of carboxylic acids is 1. The fraction of sp³-hybridized carbons (Fsp3) is 0.240. The van der Waals surface area contributed by atoms with Gasteiger partial charge >= 0.3 is 5.97 Å². The molecule has 0 fully saturated rings. The van der Waals surface area contributed by atoms with Crippen LogP contribution in [0.25, 0.3) is 16.7 Å². The van der Waals surface area contributed by atoms with Gasteiger partial charge in [0, 0.05) is 43.4 Å². The molecule has 202 valence electrons. The van der Waals surface area contributed by atoms with Gasteiger partial charge in [0.25, 0.3) is 10.0 Å². The molecule has 9 nitrogen and oxygen atoms in total. The second-order valence-electron chi connectivity index (χ2n) is 9.01. The number of nitrogens with zero attached hydrogens (tertiary/aromatic N) is 3. The zero-order valence-corrected chi connectivity index (χ0v) is 24.3. The van der Waals surface area contributed by atoms with E-state index in [-0.39, 0.29) is 20.6 Å². The Morgan fingerprint density at radius 3 is 2.45 bits per heavy atom. The first-order valence-corrected chi connectivity index (χ1v) is 14.8. The van der Waals surface area contributed by atoms with Crippen molar-refractivity contribution in [3.63, 3.8) is 0 Å². The van der Waals surface area contributed by atoms with E-state index in [1.165, 1.54) is 18.2 Å². The van der Waals surface area contributed by atoms with Crippen LogP contribution in [0, 0.1) is 6.92 Å². The molecule has 2 aromatic carbocycles. The van der Waals surface area contributed by atoms with Gasteiger partial charge in [0.15, 0.2) is 0 Å². The van der Waals surface area contributed by atoms with Crippen LogP contribution in [0.2, 0.25) is 10.0 Å². The zero-order valence-electron chi connectivity index (χ0n) is 21.0. The van der Waals surface area contributed by atoms with E-state index in [1.807, 2.05) is 49.1 Å². The minimum absolute atomic E-state index is 0.134. The predicted molar refractivity (Wildman–Crippen MR) is 156 cm³/mol. The Morgan fingerprint density at radius 1 is 1.13 bits per heavy atom. The highest BCUT2D eigenvalue weighted by Gasteiger charge is 2.29. The lowest BCUT2D eigenvalue weighted by molar-refractivity contribution is -0.135. The summed E-state index contributed by atoms with van der Waals surface area (Å²) in [6, 6.07) is 9.31. The second kappa shape index (κ2) is 11.6. The van der Waals surface area contributed by atoms with Crippen LogP contribution >= 0.6 is 31.9 Å². The molecule has 2 heterocycles. The first-order valence-electron chi connectivity index (χ1n) is 11.6. The van der Waals surface area contributed by atoms with Crippen molar-refractivity contribution in [3.05, 3.63) is 75.8 Å². The van der Waals surface area contributed by atoms with Crippen LogP contribution < -0.4 is 14.7 Å². The number of nitrogens with one attached hydrogen (secondary N) is 2. The molecule has 4 rings (SSSR count). The summed E-state index contributed by atoms with van der Waals surface area (Å²) in [5, 5.41) is 17.4. The van der Waals surface area contributed by atoms with Crippen LogP contribution in [-0.2, 0) is 14.8 Å². The van der Waals surface area contributed by atoms with Gasteiger partial charge in [0.1, 0.15) is 12.4 Å². The fourth-order valence-corrected chi connectivity index (χ4v) is 7.06. The number of benzene rings is 2. The largest absolute Gasteiger partial charge is 0.480 e. The van der Waals surface area contributed by atoms with Crippen molar-refractivity contribution in [2.75, 3.05) is 38.0 Å². The average Bonchev–Trinajstić information content (AvgIpc) is 3.24. The van der Waals surface area contributed by atoms with Crippen molar-refractivity contribution in [2.45, 2.75) is 11.8 Å². The maximum atomic E-state index is 13.6. The molecule has 13 heteroatoms. The van der Waals surface area contributed by atoms with E-state index in [0.29, 0.717) is 14.3 Å². The Labute approximate surface area is 233 Å². The van der Waals surface area contributed by atoms with Gasteiger partial charge < -0.3 is 25.0 Å². The Kier molecular flexibility index (Phi) is 8.59. The van der Waals surface area contributed by atoms with E-state index in [4.69, 9.17) is 23.2 Å². The van der Waals surface area contributed by atoms with E-state index in [1.54, 1.807) is 13.0 Å². The van der Waals surface area contributed by atoms with Crippen LogP contribution in [0.4, 0.5) is 5.69 Å². The monoisotopic (exact) mass is 595 g/mol. The van der Waals surface area contributed by atoms with E-state index in [0.717, 1.165) is 39.6 Å². The first kappa shape index (κ1) is 28.3. The Balaban J connectivity index is 1.70. The summed E-state index contributed by atoms with van der Waals surface area (Å²) in [6.45, 7) is 2.77. The molecule has 38 heavy (non-hydrogen) atoms. The molecule has 1 aromatic heterocycles. The number of fused-ring (bicyclic) bond motifs is 1. The van der Waals surface area contributed by atoms with E-state index >= 15 is 0 Å². The summed E-state index contributed by atoms with van der Waals surface area (Å²) in [5.41, 5.74) is 2.82. The van der Waals surface area contributed by atoms with Gasteiger partial charge in [-0.2, -0.15) is 0 Å². The number of allylic oxidation sites excluding steroid dienone is 2. The summed E-state index contributed by atoms with van der Waals surface area (Å²) in [6.07, 6.45) is 5.92. The second-order valence-corrected chi connectivity index (χ2v) is 12.8. The minimum Gasteiger partial charge on any atom is -0.480 e. The average molecular weight is 596 g/mol. The molecule has 1 atom stereocenters. The number of halogens is 2. The zero-order chi connectivity index (χ0) is 27.6. The van der Waals surface area contributed by atoms with Crippen LogP contribution in [0.1, 0.15) is 5.56 Å². The summed E-state index contributed by atoms with van der Waals surface area (Å²) in [4.78, 5) is 13.6. The Hall–Kier alpha value is -2.75. The lowest BCUT2D eigenvalue weighted by Crippen LogP contribution is -2.36. The highest BCUT2D eigenvalue weighted by Crippen LogP contribution is 2.34. The minimum atomic E-state index is -4.28. The maximum absolute atomic E-state index is 13.6. The first-order chi connectivity index (χ1) is 18.0. The molecule has 1 aliphatic rings. The number of aryl methyl sites for hydroxylation is 1. The Bertz CT molecular complexity index is 1530. The van der Waals surface area contributed by atoms with E-state index < -0.39 is 22.5 Å². The molecule has 0 aliphatic carbocycles. The van der Waals surface area contributed by atoms with Gasteiger partial charge in [-0.25, -0.2) is 8.42 Å². The fourth-order valence-electron chi connectivity index (χ4n) is 4.02. The van der Waals surface area contributed by atoms with Crippen LogP contribution in [0.3, 0.4) is 0 Å². The lowest BCUT2D eigenvalue weighted by atomic mass is 10.1. The highest BCUT2D eigenvalue weighted by atomic mass is 35.5. The summed E-state index contributed by atoms with van der Waals surface area (Å²) < 4.78 is 30.0. The van der Waals surface area contributed by atoms with Gasteiger partial charge in [-0.15, -0.1) is 0 Å². The number of rotatable bonds is 10. The van der Waals surface area contributed by atoms with Gasteiger partial charge in [0.05, 0.1) is 21.5 Å². The summed E-state index contributed by atoms with van der Waals surface area (Å²) in [5.74, 6) is -0.412. The SMILES string of the molecule is Cc1cc2c(ccn2C2=CC=C(NCCN(C)C)PN2)cc1N(CC(=O)O)S(=O)(=O)c1cc(Cl)cc(Cl)c1. The number of likely N-dealkylation sites (N-methyl/N-ethyl adjacent to an activating group) is 1. The molecule has 1 aliphatic heterocycles. The van der Waals surface area contributed by atoms with Crippen molar-refractivity contribution in [1.82, 2.24) is 19.9 Å². The van der Waals surface area contributed by atoms with E-state index in [2.05, 4.69) is 15.3 Å².